The van der Waals surface area contributed by atoms with Gasteiger partial charge in [0.05, 0.1) is 32.1 Å². The van der Waals surface area contributed by atoms with Crippen LogP contribution in [-0.4, -0.2) is 43.6 Å². The number of carbonyl (C=O) groups is 1. The summed E-state index contributed by atoms with van der Waals surface area (Å²) in [5.74, 6) is 1.56. The highest BCUT2D eigenvalue weighted by Gasteiger charge is 2.34. The predicted octanol–water partition coefficient (Wildman–Crippen LogP) is 4.58. The molecule has 0 saturated carbocycles. The summed E-state index contributed by atoms with van der Waals surface area (Å²) in [7, 11) is 3.24. The maximum absolute atomic E-state index is 13.5. The summed E-state index contributed by atoms with van der Waals surface area (Å²) in [5.41, 5.74) is 3.62. The van der Waals surface area contributed by atoms with E-state index in [-0.39, 0.29) is 5.91 Å². The first-order chi connectivity index (χ1) is 16.5. The van der Waals surface area contributed by atoms with Gasteiger partial charge in [0.25, 0.3) is 5.91 Å². The van der Waals surface area contributed by atoms with E-state index in [1.807, 2.05) is 47.8 Å². The van der Waals surface area contributed by atoms with Gasteiger partial charge in [0.2, 0.25) is 4.80 Å². The standard InChI is InChI=1S/C26H28N4O3S/c1-6-13-27-26-30(22(16-34-26)20-14-18(32-4)11-12-23(20)33-5)28-24-19-9-7-8-10-21(19)29(25(24)31)15-17(2)3/h6-12,14,16-17H,1,13,15H2,2-5H3. The Morgan fingerprint density at radius 1 is 1.12 bits per heavy atom. The number of para-hydroxylation sites is 1. The molecule has 7 nitrogen and oxygen atoms in total. The molecule has 8 heteroatoms. The number of benzene rings is 2. The summed E-state index contributed by atoms with van der Waals surface area (Å²) in [6.45, 7) is 9.02. The normalized spacial score (nSPS) is 14.7. The van der Waals surface area contributed by atoms with Crippen LogP contribution in [0.1, 0.15) is 19.4 Å². The van der Waals surface area contributed by atoms with Crippen LogP contribution in [0, 0.1) is 5.92 Å². The van der Waals surface area contributed by atoms with Crippen molar-refractivity contribution in [2.75, 3.05) is 32.2 Å². The number of amides is 1. The average Bonchev–Trinajstić information content (AvgIpc) is 3.36. The van der Waals surface area contributed by atoms with Gasteiger partial charge in [0.15, 0.2) is 5.71 Å². The lowest BCUT2D eigenvalue weighted by Gasteiger charge is -2.18. The fourth-order valence-corrected chi connectivity index (χ4v) is 4.68. The number of fused-ring (bicyclic) bond motifs is 1. The average molecular weight is 477 g/mol. The van der Waals surface area contributed by atoms with Gasteiger partial charge >= 0.3 is 0 Å². The van der Waals surface area contributed by atoms with Crippen molar-refractivity contribution in [2.45, 2.75) is 13.8 Å². The summed E-state index contributed by atoms with van der Waals surface area (Å²) in [5, 5.41) is 6.84. The van der Waals surface area contributed by atoms with E-state index in [9.17, 15) is 4.79 Å². The second kappa shape index (κ2) is 10.1. The highest BCUT2D eigenvalue weighted by molar-refractivity contribution is 7.07. The number of thiazole rings is 1. The number of aromatic nitrogens is 1. The van der Waals surface area contributed by atoms with Gasteiger partial charge in [-0.25, -0.2) is 4.68 Å². The minimum atomic E-state index is -0.119. The fraction of sp³-hybridized carbons (Fsp3) is 0.269. The Bertz CT molecular complexity index is 1320. The first-order valence-electron chi connectivity index (χ1n) is 11.0. The lowest BCUT2D eigenvalue weighted by atomic mass is 10.1. The highest BCUT2D eigenvalue weighted by atomic mass is 32.1. The summed E-state index contributed by atoms with van der Waals surface area (Å²) in [6.07, 6.45) is 1.73. The molecule has 2 heterocycles. The van der Waals surface area contributed by atoms with Crippen molar-refractivity contribution >= 4 is 28.6 Å². The molecule has 0 radical (unpaired) electrons. The Morgan fingerprint density at radius 3 is 2.62 bits per heavy atom. The Labute approximate surface area is 203 Å². The molecule has 0 aliphatic carbocycles. The van der Waals surface area contributed by atoms with Gasteiger partial charge in [0.1, 0.15) is 11.5 Å². The zero-order valence-electron chi connectivity index (χ0n) is 19.8. The number of methoxy groups -OCH3 is 2. The van der Waals surface area contributed by atoms with E-state index in [0.29, 0.717) is 41.0 Å². The molecule has 34 heavy (non-hydrogen) atoms. The zero-order valence-corrected chi connectivity index (χ0v) is 20.6. The number of carbonyl (C=O) groups excluding carboxylic acids is 1. The molecular formula is C26H28N4O3S. The molecule has 1 aliphatic rings. The smallest absolute Gasteiger partial charge is 0.279 e. The molecule has 0 unspecified atom stereocenters. The molecule has 3 aromatic rings. The number of nitrogens with zero attached hydrogens (tertiary/aromatic N) is 4. The number of hydrogen-bond donors (Lipinski definition) is 0. The van der Waals surface area contributed by atoms with Crippen LogP contribution in [0.4, 0.5) is 5.69 Å². The van der Waals surface area contributed by atoms with Crippen LogP contribution in [0.25, 0.3) is 11.3 Å². The first kappa shape index (κ1) is 23.5. The maximum atomic E-state index is 13.5. The van der Waals surface area contributed by atoms with Crippen molar-refractivity contribution in [3.63, 3.8) is 0 Å². The van der Waals surface area contributed by atoms with Crippen molar-refractivity contribution in [1.29, 1.82) is 0 Å². The van der Waals surface area contributed by atoms with Crippen molar-refractivity contribution in [2.24, 2.45) is 16.0 Å². The van der Waals surface area contributed by atoms with Gasteiger partial charge in [-0.1, -0.05) is 38.1 Å². The minimum Gasteiger partial charge on any atom is -0.497 e. The predicted molar refractivity (Wildman–Crippen MR) is 137 cm³/mol. The van der Waals surface area contributed by atoms with E-state index < -0.39 is 0 Å². The first-order valence-corrected chi connectivity index (χ1v) is 11.9. The van der Waals surface area contributed by atoms with Crippen molar-refractivity contribution in [3.05, 3.63) is 70.9 Å². The molecular weight excluding hydrogens is 448 g/mol. The van der Waals surface area contributed by atoms with Crippen LogP contribution >= 0.6 is 11.3 Å². The molecule has 1 aliphatic heterocycles. The van der Waals surface area contributed by atoms with Crippen molar-refractivity contribution in [3.8, 4) is 22.8 Å². The lowest BCUT2D eigenvalue weighted by Crippen LogP contribution is -2.34. The van der Waals surface area contributed by atoms with Gasteiger partial charge in [-0.2, -0.15) is 5.10 Å². The largest absolute Gasteiger partial charge is 0.497 e. The molecule has 1 amide bonds. The van der Waals surface area contributed by atoms with Crippen LogP contribution in [0.2, 0.25) is 0 Å². The Kier molecular flexibility index (Phi) is 6.98. The summed E-state index contributed by atoms with van der Waals surface area (Å²) in [6, 6.07) is 13.4. The number of hydrogen-bond acceptors (Lipinski definition) is 6. The third-order valence-corrected chi connectivity index (χ3v) is 6.22. The highest BCUT2D eigenvalue weighted by Crippen LogP contribution is 2.35. The van der Waals surface area contributed by atoms with E-state index in [4.69, 9.17) is 14.6 Å². The maximum Gasteiger partial charge on any atom is 0.279 e. The van der Waals surface area contributed by atoms with Gasteiger partial charge in [-0.15, -0.1) is 17.9 Å². The Hall–Kier alpha value is -3.65. The molecule has 0 atom stereocenters. The second-order valence-electron chi connectivity index (χ2n) is 8.19. The van der Waals surface area contributed by atoms with E-state index >= 15 is 0 Å². The van der Waals surface area contributed by atoms with Crippen molar-refractivity contribution < 1.29 is 14.3 Å². The number of ether oxygens (including phenoxy) is 2. The Morgan fingerprint density at radius 2 is 1.91 bits per heavy atom. The van der Waals surface area contributed by atoms with Gasteiger partial charge in [-0.3, -0.25) is 9.79 Å². The van der Waals surface area contributed by atoms with E-state index in [1.165, 1.54) is 11.3 Å². The second-order valence-corrected chi connectivity index (χ2v) is 9.02. The minimum absolute atomic E-state index is 0.119. The molecule has 0 spiro atoms. The van der Waals surface area contributed by atoms with Crippen LogP contribution in [0.15, 0.2) is 70.6 Å². The summed E-state index contributed by atoms with van der Waals surface area (Å²) < 4.78 is 12.8. The molecule has 4 rings (SSSR count). The van der Waals surface area contributed by atoms with E-state index in [0.717, 1.165) is 22.5 Å². The SMILES string of the molecule is C=CCN=c1scc(-c2cc(OC)ccc2OC)n1N=C1C(=O)N(CC(C)C)c2ccccc21. The molecule has 176 valence electrons. The monoisotopic (exact) mass is 476 g/mol. The van der Waals surface area contributed by atoms with Gasteiger partial charge < -0.3 is 14.4 Å². The van der Waals surface area contributed by atoms with E-state index in [1.54, 1.807) is 29.9 Å². The third-order valence-electron chi connectivity index (χ3n) is 5.37. The van der Waals surface area contributed by atoms with Gasteiger partial charge in [0, 0.05) is 23.1 Å². The van der Waals surface area contributed by atoms with Crippen LogP contribution in [0.5, 0.6) is 11.5 Å². The van der Waals surface area contributed by atoms with Gasteiger partial charge in [-0.05, 0) is 30.2 Å². The number of anilines is 1. The number of rotatable bonds is 8. The molecule has 0 N–H and O–H groups in total. The molecule has 0 saturated heterocycles. The topological polar surface area (TPSA) is 68.4 Å². The Balaban J connectivity index is 1.94. The zero-order chi connectivity index (χ0) is 24.2. The fourth-order valence-electron chi connectivity index (χ4n) is 3.85. The molecule has 2 aromatic carbocycles. The van der Waals surface area contributed by atoms with Crippen LogP contribution in [0.3, 0.4) is 0 Å². The summed E-state index contributed by atoms with van der Waals surface area (Å²) >= 11 is 1.44. The van der Waals surface area contributed by atoms with Crippen LogP contribution < -0.4 is 19.2 Å². The van der Waals surface area contributed by atoms with Crippen LogP contribution in [-0.2, 0) is 4.79 Å². The quantitative estimate of drug-likeness (QED) is 0.447. The molecule has 0 bridgehead atoms. The molecule has 0 fully saturated rings. The van der Waals surface area contributed by atoms with Crippen molar-refractivity contribution in [1.82, 2.24) is 4.68 Å². The van der Waals surface area contributed by atoms with E-state index in [2.05, 4.69) is 25.4 Å². The lowest BCUT2D eigenvalue weighted by molar-refractivity contribution is -0.112. The molecule has 1 aromatic heterocycles. The summed E-state index contributed by atoms with van der Waals surface area (Å²) in [4.78, 5) is 20.6. The third kappa shape index (κ3) is 4.41.